The summed E-state index contributed by atoms with van der Waals surface area (Å²) >= 11 is 0. The smallest absolute Gasteiger partial charge is 0.249 e. The van der Waals surface area contributed by atoms with Crippen LogP contribution in [0.1, 0.15) is 11.7 Å². The molecule has 1 heterocycles. The molecule has 0 saturated carbocycles. The molecule has 0 aromatic carbocycles. The van der Waals surface area contributed by atoms with E-state index >= 15 is 0 Å². The molecule has 2 N–H and O–H groups in total. The molecule has 1 unspecified atom stereocenters. The Bertz CT molecular complexity index is 200. The standard InChI is InChI=1S/C6H8F2N2O/c7-6(8)4(1-9)5-2-10-3-11-5/h2-4,6H,1,9H2. The molecule has 0 amide bonds. The lowest BCUT2D eigenvalue weighted by Crippen LogP contribution is -2.18. The SMILES string of the molecule is NCC(c1cnco1)C(F)F. The highest BCUT2D eigenvalue weighted by Crippen LogP contribution is 2.20. The van der Waals surface area contributed by atoms with E-state index in [1.54, 1.807) is 0 Å². The van der Waals surface area contributed by atoms with Crippen LogP contribution in [0.25, 0.3) is 0 Å². The number of rotatable bonds is 3. The summed E-state index contributed by atoms with van der Waals surface area (Å²) in [4.78, 5) is 3.52. The van der Waals surface area contributed by atoms with Crippen LogP contribution in [0.2, 0.25) is 0 Å². The van der Waals surface area contributed by atoms with Crippen molar-refractivity contribution in [3.63, 3.8) is 0 Å². The van der Waals surface area contributed by atoms with Gasteiger partial charge in [-0.3, -0.25) is 0 Å². The summed E-state index contributed by atoms with van der Waals surface area (Å²) in [6.07, 6.45) is -0.128. The number of aromatic nitrogens is 1. The molecule has 3 nitrogen and oxygen atoms in total. The van der Waals surface area contributed by atoms with Crippen LogP contribution in [0, 0.1) is 0 Å². The van der Waals surface area contributed by atoms with Gasteiger partial charge in [-0.05, 0) is 0 Å². The largest absolute Gasteiger partial charge is 0.448 e. The molecule has 1 atom stereocenters. The van der Waals surface area contributed by atoms with Gasteiger partial charge in [-0.15, -0.1) is 0 Å². The Hall–Kier alpha value is -0.970. The average Bonchev–Trinajstić information content (AvgIpc) is 2.40. The number of hydrogen-bond donors (Lipinski definition) is 1. The van der Waals surface area contributed by atoms with Gasteiger partial charge in [0.2, 0.25) is 6.43 Å². The van der Waals surface area contributed by atoms with Gasteiger partial charge in [0.15, 0.2) is 6.39 Å². The zero-order chi connectivity index (χ0) is 8.27. The molecule has 0 radical (unpaired) electrons. The highest BCUT2D eigenvalue weighted by molar-refractivity contribution is 5.00. The van der Waals surface area contributed by atoms with E-state index in [1.165, 1.54) is 6.20 Å². The van der Waals surface area contributed by atoms with Crippen LogP contribution in [-0.2, 0) is 0 Å². The molecule has 1 rings (SSSR count). The van der Waals surface area contributed by atoms with E-state index in [4.69, 9.17) is 5.73 Å². The molecule has 0 aliphatic heterocycles. The lowest BCUT2D eigenvalue weighted by atomic mass is 10.1. The first-order chi connectivity index (χ1) is 5.25. The fraction of sp³-hybridized carbons (Fsp3) is 0.500. The van der Waals surface area contributed by atoms with Crippen LogP contribution in [0.4, 0.5) is 8.78 Å². The third-order valence-corrected chi connectivity index (χ3v) is 1.37. The molecule has 0 bridgehead atoms. The van der Waals surface area contributed by atoms with Crippen LogP contribution in [0.3, 0.4) is 0 Å². The van der Waals surface area contributed by atoms with E-state index in [0.29, 0.717) is 0 Å². The van der Waals surface area contributed by atoms with Crippen LogP contribution in [-0.4, -0.2) is 18.0 Å². The molecule has 1 aromatic heterocycles. The van der Waals surface area contributed by atoms with Crippen molar-refractivity contribution in [1.29, 1.82) is 0 Å². The number of alkyl halides is 2. The zero-order valence-corrected chi connectivity index (χ0v) is 5.71. The second-order valence-electron chi connectivity index (χ2n) is 2.08. The third-order valence-electron chi connectivity index (χ3n) is 1.37. The summed E-state index contributed by atoms with van der Waals surface area (Å²) in [6.45, 7) is -0.132. The highest BCUT2D eigenvalue weighted by atomic mass is 19.3. The Morgan fingerprint density at radius 3 is 2.73 bits per heavy atom. The first kappa shape index (κ1) is 8.13. The van der Waals surface area contributed by atoms with Crippen LogP contribution < -0.4 is 5.73 Å². The summed E-state index contributed by atoms with van der Waals surface area (Å²) in [5, 5.41) is 0. The molecule has 0 aliphatic rings. The first-order valence-electron chi connectivity index (χ1n) is 3.12. The summed E-state index contributed by atoms with van der Waals surface area (Å²) in [5.74, 6) is -0.889. The molecule has 11 heavy (non-hydrogen) atoms. The van der Waals surface area contributed by atoms with E-state index in [9.17, 15) is 8.78 Å². The maximum absolute atomic E-state index is 12.1. The third kappa shape index (κ3) is 1.74. The van der Waals surface area contributed by atoms with Crippen molar-refractivity contribution in [3.8, 4) is 0 Å². The summed E-state index contributed by atoms with van der Waals surface area (Å²) < 4.78 is 28.9. The van der Waals surface area contributed by atoms with Crippen molar-refractivity contribution < 1.29 is 13.2 Å². The predicted molar refractivity (Wildman–Crippen MR) is 34.3 cm³/mol. The number of halogens is 2. The molecule has 5 heteroatoms. The molecule has 1 aromatic rings. The molecule has 0 fully saturated rings. The monoisotopic (exact) mass is 162 g/mol. The van der Waals surface area contributed by atoms with Gasteiger partial charge < -0.3 is 10.2 Å². The second kappa shape index (κ2) is 3.43. The number of nitrogens with zero attached hydrogens (tertiary/aromatic N) is 1. The quantitative estimate of drug-likeness (QED) is 0.720. The van der Waals surface area contributed by atoms with Crippen molar-refractivity contribution in [1.82, 2.24) is 4.98 Å². The van der Waals surface area contributed by atoms with Gasteiger partial charge in [-0.1, -0.05) is 0 Å². The van der Waals surface area contributed by atoms with Gasteiger partial charge in [0.1, 0.15) is 5.76 Å². The minimum absolute atomic E-state index is 0.132. The van der Waals surface area contributed by atoms with Gasteiger partial charge in [-0.2, -0.15) is 0 Å². The van der Waals surface area contributed by atoms with Crippen molar-refractivity contribution >= 4 is 0 Å². The van der Waals surface area contributed by atoms with Gasteiger partial charge in [-0.25, -0.2) is 13.8 Å². The fourth-order valence-corrected chi connectivity index (χ4v) is 0.752. The predicted octanol–water partition coefficient (Wildman–Crippen LogP) is 0.982. The normalized spacial score (nSPS) is 13.8. The van der Waals surface area contributed by atoms with Gasteiger partial charge in [0, 0.05) is 6.54 Å². The van der Waals surface area contributed by atoms with E-state index in [-0.39, 0.29) is 12.3 Å². The molecular weight excluding hydrogens is 154 g/mol. The Kier molecular flexibility index (Phi) is 2.53. The number of nitrogens with two attached hydrogens (primary N) is 1. The zero-order valence-electron chi connectivity index (χ0n) is 5.71. The van der Waals surface area contributed by atoms with Crippen LogP contribution in [0.15, 0.2) is 17.0 Å². The number of hydrogen-bond acceptors (Lipinski definition) is 3. The Balaban J connectivity index is 2.71. The minimum atomic E-state index is -2.49. The number of oxazole rings is 1. The van der Waals surface area contributed by atoms with Crippen LogP contribution >= 0.6 is 0 Å². The first-order valence-corrected chi connectivity index (χ1v) is 3.12. The molecule has 0 spiro atoms. The van der Waals surface area contributed by atoms with Gasteiger partial charge >= 0.3 is 0 Å². The van der Waals surface area contributed by atoms with Crippen molar-refractivity contribution in [3.05, 3.63) is 18.4 Å². The lowest BCUT2D eigenvalue weighted by molar-refractivity contribution is 0.107. The van der Waals surface area contributed by atoms with E-state index in [0.717, 1.165) is 6.39 Å². The van der Waals surface area contributed by atoms with E-state index < -0.39 is 12.3 Å². The topological polar surface area (TPSA) is 52.0 Å². The summed E-state index contributed by atoms with van der Waals surface area (Å²) in [6, 6.07) is 0. The van der Waals surface area contributed by atoms with Crippen molar-refractivity contribution in [2.45, 2.75) is 12.3 Å². The molecule has 62 valence electrons. The van der Waals surface area contributed by atoms with Gasteiger partial charge in [0.25, 0.3) is 0 Å². The summed E-state index contributed by atoms with van der Waals surface area (Å²) in [5.41, 5.74) is 5.10. The molecular formula is C6H8F2N2O. The maximum Gasteiger partial charge on any atom is 0.249 e. The Labute approximate surface area is 62.2 Å². The van der Waals surface area contributed by atoms with Crippen molar-refractivity contribution in [2.24, 2.45) is 5.73 Å². The fourth-order valence-electron chi connectivity index (χ4n) is 0.752. The van der Waals surface area contributed by atoms with Crippen molar-refractivity contribution in [2.75, 3.05) is 6.54 Å². The Morgan fingerprint density at radius 1 is 1.64 bits per heavy atom. The van der Waals surface area contributed by atoms with E-state index in [2.05, 4.69) is 9.40 Å². The molecule has 0 aliphatic carbocycles. The van der Waals surface area contributed by atoms with Gasteiger partial charge in [0.05, 0.1) is 12.1 Å². The summed E-state index contributed by atoms with van der Waals surface area (Å²) in [7, 11) is 0. The van der Waals surface area contributed by atoms with E-state index in [1.807, 2.05) is 0 Å². The van der Waals surface area contributed by atoms with Crippen LogP contribution in [0.5, 0.6) is 0 Å². The Morgan fingerprint density at radius 2 is 2.36 bits per heavy atom. The molecule has 0 saturated heterocycles. The highest BCUT2D eigenvalue weighted by Gasteiger charge is 2.23. The minimum Gasteiger partial charge on any atom is -0.448 e. The maximum atomic E-state index is 12.1. The lowest BCUT2D eigenvalue weighted by Gasteiger charge is -2.08. The second-order valence-corrected chi connectivity index (χ2v) is 2.08. The average molecular weight is 162 g/mol.